The Bertz CT molecular complexity index is 249. The van der Waals surface area contributed by atoms with Crippen molar-refractivity contribution in [2.45, 2.75) is 0 Å². The van der Waals surface area contributed by atoms with Gasteiger partial charge < -0.3 is 5.21 Å². The third-order valence-corrected chi connectivity index (χ3v) is 0.942. The quantitative estimate of drug-likeness (QED) is 0.274. The van der Waals surface area contributed by atoms with Gasteiger partial charge in [-0.2, -0.15) is 4.73 Å². The van der Waals surface area contributed by atoms with Crippen LogP contribution < -0.4 is 4.73 Å². The van der Waals surface area contributed by atoms with E-state index in [2.05, 4.69) is 5.92 Å². The van der Waals surface area contributed by atoms with Gasteiger partial charge in [-0.3, -0.25) is 0 Å². The zero-order chi connectivity index (χ0) is 6.69. The van der Waals surface area contributed by atoms with Gasteiger partial charge in [-0.1, -0.05) is 5.92 Å². The molecule has 0 spiro atoms. The van der Waals surface area contributed by atoms with Crippen molar-refractivity contribution in [2.24, 2.45) is 0 Å². The molecule has 0 aliphatic heterocycles. The van der Waals surface area contributed by atoms with Gasteiger partial charge in [0.25, 0.3) is 0 Å². The van der Waals surface area contributed by atoms with Crippen molar-refractivity contribution in [2.75, 3.05) is 0 Å². The molecule has 0 bridgehead atoms. The molecule has 0 saturated carbocycles. The molecule has 1 rings (SSSR count). The molecule has 0 saturated heterocycles. The minimum absolute atomic E-state index is 0.604. The van der Waals surface area contributed by atoms with E-state index in [0.717, 1.165) is 0 Å². The van der Waals surface area contributed by atoms with Gasteiger partial charge in [0.2, 0.25) is 0 Å². The van der Waals surface area contributed by atoms with Crippen molar-refractivity contribution in [3.05, 3.63) is 35.3 Å². The molecule has 0 aliphatic rings. The Morgan fingerprint density at radius 2 is 2.44 bits per heavy atom. The van der Waals surface area contributed by atoms with Crippen LogP contribution in [0.5, 0.6) is 0 Å². The Kier molecular flexibility index (Phi) is 1.37. The monoisotopic (exact) mass is 119 g/mol. The van der Waals surface area contributed by atoms with Gasteiger partial charge in [-0.25, -0.2) is 0 Å². The first-order valence-electron chi connectivity index (χ1n) is 2.48. The molecule has 9 heavy (non-hydrogen) atoms. The average molecular weight is 119 g/mol. The number of pyridine rings is 1. The van der Waals surface area contributed by atoms with Gasteiger partial charge in [0, 0.05) is 6.07 Å². The van der Waals surface area contributed by atoms with Crippen LogP contribution in [0.2, 0.25) is 0 Å². The maximum Gasteiger partial charge on any atom is 0.195 e. The lowest BCUT2D eigenvalue weighted by atomic mass is 10.3. The second-order valence-electron chi connectivity index (χ2n) is 1.60. The molecule has 0 fully saturated rings. The molecule has 2 nitrogen and oxygen atoms in total. The number of hydrogen-bond donors (Lipinski definition) is 0. The van der Waals surface area contributed by atoms with Crippen molar-refractivity contribution in [1.29, 1.82) is 0 Å². The van der Waals surface area contributed by atoms with Gasteiger partial charge in [-0.15, -0.1) is 6.42 Å². The van der Waals surface area contributed by atoms with E-state index < -0.39 is 0 Å². The maximum absolute atomic E-state index is 10.5. The molecular weight excluding hydrogens is 114 g/mol. The molecule has 0 unspecified atom stereocenters. The van der Waals surface area contributed by atoms with Crippen molar-refractivity contribution < 1.29 is 4.73 Å². The molecular formula is C7H5NO. The number of aromatic nitrogens is 1. The highest BCUT2D eigenvalue weighted by molar-refractivity contribution is 5.26. The molecule has 1 aromatic rings. The number of hydrogen-bond acceptors (Lipinski definition) is 1. The fourth-order valence-electron chi connectivity index (χ4n) is 0.540. The van der Waals surface area contributed by atoms with E-state index in [1.807, 2.05) is 0 Å². The second-order valence-corrected chi connectivity index (χ2v) is 1.60. The van der Waals surface area contributed by atoms with E-state index in [0.29, 0.717) is 10.3 Å². The molecule has 1 aromatic heterocycles. The van der Waals surface area contributed by atoms with Gasteiger partial charge in [-0.05, 0) is 6.07 Å². The summed E-state index contributed by atoms with van der Waals surface area (Å²) in [6.07, 6.45) is 7.75. The van der Waals surface area contributed by atoms with Gasteiger partial charge in [0.05, 0.1) is 5.56 Å². The summed E-state index contributed by atoms with van der Waals surface area (Å²) in [7, 11) is 0. The zero-order valence-corrected chi connectivity index (χ0v) is 4.74. The van der Waals surface area contributed by atoms with Gasteiger partial charge >= 0.3 is 0 Å². The SMILES string of the molecule is C#Cc1ccc[n+]([O-])c1. The smallest absolute Gasteiger partial charge is 0.195 e. The van der Waals surface area contributed by atoms with Crippen LogP contribution in [0.1, 0.15) is 5.56 Å². The lowest BCUT2D eigenvalue weighted by molar-refractivity contribution is -0.605. The average Bonchev–Trinajstić information content (AvgIpc) is 1.88. The number of nitrogens with zero attached hydrogens (tertiary/aromatic N) is 1. The third kappa shape index (κ3) is 1.20. The van der Waals surface area contributed by atoms with E-state index in [1.165, 1.54) is 12.4 Å². The van der Waals surface area contributed by atoms with Gasteiger partial charge in [0.15, 0.2) is 12.4 Å². The van der Waals surface area contributed by atoms with Crippen LogP contribution in [0.25, 0.3) is 0 Å². The first-order chi connectivity index (χ1) is 4.33. The van der Waals surface area contributed by atoms with Crippen molar-refractivity contribution >= 4 is 0 Å². The summed E-state index contributed by atoms with van der Waals surface area (Å²) in [5.74, 6) is 2.35. The number of terminal acetylenes is 1. The predicted octanol–water partition coefficient (Wildman–Crippen LogP) is 0.301. The molecule has 0 aromatic carbocycles. The van der Waals surface area contributed by atoms with E-state index in [1.54, 1.807) is 12.1 Å². The summed E-state index contributed by atoms with van der Waals surface area (Å²) < 4.78 is 0.676. The van der Waals surface area contributed by atoms with E-state index in [9.17, 15) is 5.21 Å². The predicted molar refractivity (Wildman–Crippen MR) is 33.3 cm³/mol. The first-order valence-corrected chi connectivity index (χ1v) is 2.48. The van der Waals surface area contributed by atoms with Crippen LogP contribution >= 0.6 is 0 Å². The fraction of sp³-hybridized carbons (Fsp3) is 0. The Balaban J connectivity index is 3.12. The highest BCUT2D eigenvalue weighted by Crippen LogP contribution is 1.87. The molecule has 1 heterocycles. The minimum atomic E-state index is 0.604. The molecule has 0 radical (unpaired) electrons. The van der Waals surface area contributed by atoms with Crippen LogP contribution in [-0.2, 0) is 0 Å². The van der Waals surface area contributed by atoms with Crippen LogP contribution in [0.15, 0.2) is 24.5 Å². The summed E-state index contributed by atoms with van der Waals surface area (Å²) in [5, 5.41) is 10.5. The minimum Gasteiger partial charge on any atom is -0.619 e. The lowest BCUT2D eigenvalue weighted by Gasteiger charge is -1.92. The maximum atomic E-state index is 10.5. The largest absolute Gasteiger partial charge is 0.619 e. The van der Waals surface area contributed by atoms with Crippen molar-refractivity contribution in [3.63, 3.8) is 0 Å². The summed E-state index contributed by atoms with van der Waals surface area (Å²) >= 11 is 0. The summed E-state index contributed by atoms with van der Waals surface area (Å²) in [6.45, 7) is 0. The normalized spacial score (nSPS) is 8.33. The number of rotatable bonds is 0. The molecule has 0 atom stereocenters. The highest BCUT2D eigenvalue weighted by atomic mass is 16.5. The van der Waals surface area contributed by atoms with Crippen LogP contribution in [0.4, 0.5) is 0 Å². The molecule has 0 aliphatic carbocycles. The lowest BCUT2D eigenvalue weighted by Crippen LogP contribution is -2.24. The molecule has 0 amide bonds. The first kappa shape index (κ1) is 5.64. The van der Waals surface area contributed by atoms with E-state index in [4.69, 9.17) is 6.42 Å². The topological polar surface area (TPSA) is 26.9 Å². The molecule has 0 N–H and O–H groups in total. The summed E-state index contributed by atoms with van der Waals surface area (Å²) in [4.78, 5) is 0. The molecule has 2 heteroatoms. The fourth-order valence-corrected chi connectivity index (χ4v) is 0.540. The summed E-state index contributed by atoms with van der Waals surface area (Å²) in [5.41, 5.74) is 0.604. The van der Waals surface area contributed by atoms with Crippen LogP contribution in [0.3, 0.4) is 0 Å². The Morgan fingerprint density at radius 1 is 1.67 bits per heavy atom. The summed E-state index contributed by atoms with van der Waals surface area (Å²) in [6, 6.07) is 3.32. The van der Waals surface area contributed by atoms with E-state index >= 15 is 0 Å². The Morgan fingerprint density at radius 3 is 2.89 bits per heavy atom. The van der Waals surface area contributed by atoms with Crippen LogP contribution in [-0.4, -0.2) is 0 Å². The Labute approximate surface area is 53.3 Å². The third-order valence-electron chi connectivity index (χ3n) is 0.942. The highest BCUT2D eigenvalue weighted by Gasteiger charge is 1.88. The van der Waals surface area contributed by atoms with E-state index in [-0.39, 0.29) is 0 Å². The van der Waals surface area contributed by atoms with Gasteiger partial charge in [0.1, 0.15) is 0 Å². The molecule has 44 valence electrons. The van der Waals surface area contributed by atoms with Crippen molar-refractivity contribution in [3.8, 4) is 12.3 Å². The zero-order valence-electron chi connectivity index (χ0n) is 4.74. The second kappa shape index (κ2) is 2.19. The standard InChI is InChI=1S/C7H5NO/c1-2-7-4-3-5-8(9)6-7/h1,3-6H. The van der Waals surface area contributed by atoms with Crippen LogP contribution in [0, 0.1) is 17.6 Å². The van der Waals surface area contributed by atoms with Crippen molar-refractivity contribution in [1.82, 2.24) is 0 Å². The Hall–Kier alpha value is -1.49.